The maximum atomic E-state index is 5.83. The Labute approximate surface area is 131 Å². The third kappa shape index (κ3) is 5.72. The van der Waals surface area contributed by atoms with Crippen LogP contribution in [0.25, 0.3) is 0 Å². The fourth-order valence-corrected chi connectivity index (χ4v) is 2.67. The number of ether oxygens (including phenoxy) is 1. The number of thioether (sulfide) groups is 1. The summed E-state index contributed by atoms with van der Waals surface area (Å²) in [6.07, 6.45) is 1.28. The molecule has 0 aliphatic heterocycles. The van der Waals surface area contributed by atoms with Crippen LogP contribution in [0.1, 0.15) is 20.3 Å². The molecule has 2 aromatic rings. The van der Waals surface area contributed by atoms with Crippen molar-refractivity contribution < 1.29 is 4.74 Å². The summed E-state index contributed by atoms with van der Waals surface area (Å²) >= 11 is 1.86. The number of rotatable bonds is 8. The van der Waals surface area contributed by atoms with E-state index < -0.39 is 0 Å². The summed E-state index contributed by atoms with van der Waals surface area (Å²) in [4.78, 5) is 1.31. The van der Waals surface area contributed by atoms with Crippen molar-refractivity contribution in [2.24, 2.45) is 0 Å². The van der Waals surface area contributed by atoms with Gasteiger partial charge in [-0.25, -0.2) is 0 Å². The minimum Gasteiger partial charge on any atom is -0.491 e. The first kappa shape index (κ1) is 15.8. The van der Waals surface area contributed by atoms with E-state index in [2.05, 4.69) is 55.6 Å². The lowest BCUT2D eigenvalue weighted by molar-refractivity contribution is 0.217. The number of nitrogens with one attached hydrogen (secondary N) is 1. The van der Waals surface area contributed by atoms with Crippen LogP contribution in [-0.2, 0) is 0 Å². The zero-order valence-electron chi connectivity index (χ0n) is 12.7. The largest absolute Gasteiger partial charge is 0.491 e. The minimum absolute atomic E-state index is 0.258. The average molecular weight is 301 g/mol. The molecule has 1 atom stereocenters. The smallest absolute Gasteiger partial charge is 0.121 e. The van der Waals surface area contributed by atoms with Gasteiger partial charge in [0.05, 0.1) is 6.10 Å². The lowest BCUT2D eigenvalue weighted by Gasteiger charge is -2.14. The second kappa shape index (κ2) is 8.63. The first-order chi connectivity index (χ1) is 10.3. The molecule has 0 heterocycles. The Kier molecular flexibility index (Phi) is 6.48. The summed E-state index contributed by atoms with van der Waals surface area (Å²) in [6, 6.07) is 18.7. The molecule has 0 aliphatic rings. The molecule has 2 aromatic carbocycles. The van der Waals surface area contributed by atoms with Crippen molar-refractivity contribution >= 4 is 17.4 Å². The highest BCUT2D eigenvalue weighted by Gasteiger charge is 2.01. The zero-order chi connectivity index (χ0) is 14.9. The van der Waals surface area contributed by atoms with Crippen molar-refractivity contribution in [3.05, 3.63) is 54.6 Å². The predicted molar refractivity (Wildman–Crippen MR) is 92.5 cm³/mol. The van der Waals surface area contributed by atoms with E-state index in [-0.39, 0.29) is 6.10 Å². The van der Waals surface area contributed by atoms with Gasteiger partial charge in [0.1, 0.15) is 5.75 Å². The van der Waals surface area contributed by atoms with Gasteiger partial charge in [-0.05, 0) is 37.6 Å². The highest BCUT2D eigenvalue weighted by molar-refractivity contribution is 7.99. The maximum Gasteiger partial charge on any atom is 0.121 e. The highest BCUT2D eigenvalue weighted by Crippen LogP contribution is 2.20. The highest BCUT2D eigenvalue weighted by atomic mass is 32.2. The summed E-state index contributed by atoms with van der Waals surface area (Å²) in [5.41, 5.74) is 1.12. The van der Waals surface area contributed by atoms with E-state index in [4.69, 9.17) is 4.74 Å². The van der Waals surface area contributed by atoms with Gasteiger partial charge in [0, 0.05) is 28.9 Å². The third-order valence-corrected chi connectivity index (χ3v) is 4.20. The summed E-state index contributed by atoms with van der Waals surface area (Å²) in [5, 5.41) is 3.45. The van der Waals surface area contributed by atoms with E-state index in [0.717, 1.165) is 30.2 Å². The Morgan fingerprint density at radius 1 is 1.10 bits per heavy atom. The van der Waals surface area contributed by atoms with Gasteiger partial charge < -0.3 is 10.1 Å². The molecule has 2 nitrogen and oxygen atoms in total. The lowest BCUT2D eigenvalue weighted by Crippen LogP contribution is -2.10. The minimum atomic E-state index is 0.258. The Hall–Kier alpha value is -1.61. The predicted octanol–water partition coefficient (Wildman–Crippen LogP) is 5.07. The molecule has 0 aliphatic carbocycles. The molecule has 1 unspecified atom stereocenters. The van der Waals surface area contributed by atoms with E-state index in [0.29, 0.717) is 0 Å². The second-order valence-corrected chi connectivity index (χ2v) is 6.12. The van der Waals surface area contributed by atoms with Crippen LogP contribution in [0.5, 0.6) is 5.75 Å². The molecule has 0 radical (unpaired) electrons. The summed E-state index contributed by atoms with van der Waals surface area (Å²) < 4.78 is 5.83. The molecule has 0 saturated heterocycles. The summed E-state index contributed by atoms with van der Waals surface area (Å²) in [6.45, 7) is 5.16. The van der Waals surface area contributed by atoms with Crippen LogP contribution in [0.15, 0.2) is 59.5 Å². The van der Waals surface area contributed by atoms with Crippen molar-refractivity contribution in [1.29, 1.82) is 0 Å². The monoisotopic (exact) mass is 301 g/mol. The van der Waals surface area contributed by atoms with Gasteiger partial charge in [-0.15, -0.1) is 11.8 Å². The van der Waals surface area contributed by atoms with Crippen molar-refractivity contribution in [3.8, 4) is 5.75 Å². The number of anilines is 1. The van der Waals surface area contributed by atoms with Gasteiger partial charge in [-0.2, -0.15) is 0 Å². The molecule has 1 N–H and O–H groups in total. The van der Waals surface area contributed by atoms with Crippen molar-refractivity contribution in [2.75, 3.05) is 17.6 Å². The topological polar surface area (TPSA) is 21.3 Å². The maximum absolute atomic E-state index is 5.83. The van der Waals surface area contributed by atoms with Crippen LogP contribution in [0, 0.1) is 0 Å². The van der Waals surface area contributed by atoms with E-state index >= 15 is 0 Å². The molecule has 3 heteroatoms. The second-order valence-electron chi connectivity index (χ2n) is 4.95. The molecule has 0 amide bonds. The van der Waals surface area contributed by atoms with Gasteiger partial charge >= 0.3 is 0 Å². The standard InChI is InChI=1S/C18H23NOS/c1-3-15(2)20-17-9-7-8-16(14-17)19-12-13-21-18-10-5-4-6-11-18/h4-11,14-15,19H,3,12-13H2,1-2H3. The molecule has 0 fully saturated rings. The van der Waals surface area contributed by atoms with Crippen molar-refractivity contribution in [2.45, 2.75) is 31.3 Å². The Morgan fingerprint density at radius 2 is 1.90 bits per heavy atom. The third-order valence-electron chi connectivity index (χ3n) is 3.19. The van der Waals surface area contributed by atoms with Crippen LogP contribution in [-0.4, -0.2) is 18.4 Å². The van der Waals surface area contributed by atoms with E-state index in [1.807, 2.05) is 30.0 Å². The quantitative estimate of drug-likeness (QED) is 0.543. The number of hydrogen-bond donors (Lipinski definition) is 1. The molecule has 112 valence electrons. The van der Waals surface area contributed by atoms with Gasteiger partial charge in [0.25, 0.3) is 0 Å². The summed E-state index contributed by atoms with van der Waals surface area (Å²) in [7, 11) is 0. The van der Waals surface area contributed by atoms with E-state index in [9.17, 15) is 0 Å². The fourth-order valence-electron chi connectivity index (χ4n) is 1.88. The molecule has 0 spiro atoms. The van der Waals surface area contributed by atoms with Gasteiger partial charge in [-0.1, -0.05) is 31.2 Å². The molecule has 0 aromatic heterocycles. The van der Waals surface area contributed by atoms with Crippen LogP contribution in [0.2, 0.25) is 0 Å². The number of benzene rings is 2. The molecule has 0 saturated carbocycles. The SMILES string of the molecule is CCC(C)Oc1cccc(NCCSc2ccccc2)c1. The van der Waals surface area contributed by atoms with Crippen LogP contribution < -0.4 is 10.1 Å². The van der Waals surface area contributed by atoms with E-state index in [1.165, 1.54) is 4.90 Å². The van der Waals surface area contributed by atoms with Crippen molar-refractivity contribution in [3.63, 3.8) is 0 Å². The lowest BCUT2D eigenvalue weighted by atomic mass is 10.3. The zero-order valence-corrected chi connectivity index (χ0v) is 13.5. The Balaban J connectivity index is 1.76. The molecular formula is C18H23NOS. The average Bonchev–Trinajstić information content (AvgIpc) is 2.53. The first-order valence-corrected chi connectivity index (χ1v) is 8.45. The van der Waals surface area contributed by atoms with Gasteiger partial charge in [0.2, 0.25) is 0 Å². The molecule has 2 rings (SSSR count). The van der Waals surface area contributed by atoms with Crippen LogP contribution in [0.4, 0.5) is 5.69 Å². The Bertz CT molecular complexity index is 530. The summed E-state index contributed by atoms with van der Waals surface area (Å²) in [5.74, 6) is 1.98. The fraction of sp³-hybridized carbons (Fsp3) is 0.333. The molecule has 0 bridgehead atoms. The Morgan fingerprint density at radius 3 is 2.67 bits per heavy atom. The normalized spacial score (nSPS) is 11.9. The van der Waals surface area contributed by atoms with Crippen LogP contribution in [0.3, 0.4) is 0 Å². The van der Waals surface area contributed by atoms with Gasteiger partial charge in [-0.3, -0.25) is 0 Å². The number of hydrogen-bond acceptors (Lipinski definition) is 3. The first-order valence-electron chi connectivity index (χ1n) is 7.46. The molecule has 21 heavy (non-hydrogen) atoms. The van der Waals surface area contributed by atoms with Gasteiger partial charge in [0.15, 0.2) is 0 Å². The molecular weight excluding hydrogens is 278 g/mol. The van der Waals surface area contributed by atoms with Crippen LogP contribution >= 0.6 is 11.8 Å². The van der Waals surface area contributed by atoms with E-state index in [1.54, 1.807) is 0 Å². The van der Waals surface area contributed by atoms with Crippen molar-refractivity contribution in [1.82, 2.24) is 0 Å².